The minimum atomic E-state index is -0.202. The first kappa shape index (κ1) is 9.46. The third kappa shape index (κ3) is 1.87. The molecule has 0 radical (unpaired) electrons. The molecule has 14 heavy (non-hydrogen) atoms. The summed E-state index contributed by atoms with van der Waals surface area (Å²) < 4.78 is 18.7. The maximum Gasteiger partial charge on any atom is 0.146 e. The van der Waals surface area contributed by atoms with Crippen LogP contribution >= 0.6 is 0 Å². The molecule has 1 aromatic carbocycles. The Morgan fingerprint density at radius 1 is 1.43 bits per heavy atom. The minimum Gasteiger partial charge on any atom is -0.377 e. The summed E-state index contributed by atoms with van der Waals surface area (Å²) in [6.07, 6.45) is 1.10. The first-order chi connectivity index (χ1) is 6.77. The Morgan fingerprint density at radius 2 is 2.21 bits per heavy atom. The molecule has 1 heterocycles. The van der Waals surface area contributed by atoms with Crippen molar-refractivity contribution in [1.82, 2.24) is 0 Å². The Hall–Kier alpha value is -1.09. The molecule has 0 bridgehead atoms. The van der Waals surface area contributed by atoms with E-state index in [1.165, 1.54) is 6.07 Å². The average Bonchev–Trinajstić information content (AvgIpc) is 2.56. The van der Waals surface area contributed by atoms with Gasteiger partial charge in [0, 0.05) is 6.61 Å². The van der Waals surface area contributed by atoms with Crippen molar-refractivity contribution >= 4 is 5.69 Å². The molecule has 0 amide bonds. The predicted molar refractivity (Wildman–Crippen MR) is 53.8 cm³/mol. The van der Waals surface area contributed by atoms with Gasteiger partial charge in [-0.3, -0.25) is 0 Å². The average molecular weight is 195 g/mol. The number of ether oxygens (including phenoxy) is 1. The van der Waals surface area contributed by atoms with E-state index in [-0.39, 0.29) is 18.0 Å². The van der Waals surface area contributed by atoms with E-state index < -0.39 is 0 Å². The number of nitrogens with one attached hydrogen (secondary N) is 1. The van der Waals surface area contributed by atoms with E-state index in [2.05, 4.69) is 5.32 Å². The van der Waals surface area contributed by atoms with Gasteiger partial charge in [0.15, 0.2) is 0 Å². The molecule has 0 spiro atoms. The molecule has 0 aliphatic carbocycles. The molecule has 2 rings (SSSR count). The van der Waals surface area contributed by atoms with Gasteiger partial charge in [-0.25, -0.2) is 4.39 Å². The number of hydrogen-bond acceptors (Lipinski definition) is 2. The summed E-state index contributed by atoms with van der Waals surface area (Å²) in [7, 11) is 0. The Kier molecular flexibility index (Phi) is 2.68. The normalized spacial score (nSPS) is 26.4. The first-order valence-corrected chi connectivity index (χ1v) is 4.90. The van der Waals surface area contributed by atoms with Crippen molar-refractivity contribution in [2.45, 2.75) is 25.5 Å². The second-order valence-electron chi connectivity index (χ2n) is 3.60. The summed E-state index contributed by atoms with van der Waals surface area (Å²) in [4.78, 5) is 0. The summed E-state index contributed by atoms with van der Waals surface area (Å²) in [5, 5.41) is 3.16. The molecule has 0 aromatic heterocycles. The standard InChI is InChI=1S/C11H14FNO/c1-8-10(6-7-14-8)13-11-5-3-2-4-9(11)12/h2-5,8,10,13H,6-7H2,1H3. The van der Waals surface area contributed by atoms with Crippen molar-refractivity contribution in [3.8, 4) is 0 Å². The zero-order chi connectivity index (χ0) is 9.97. The quantitative estimate of drug-likeness (QED) is 0.782. The number of halogens is 1. The third-order valence-electron chi connectivity index (χ3n) is 2.59. The zero-order valence-corrected chi connectivity index (χ0v) is 8.16. The van der Waals surface area contributed by atoms with Crippen molar-refractivity contribution in [3.05, 3.63) is 30.1 Å². The summed E-state index contributed by atoms with van der Waals surface area (Å²) in [6.45, 7) is 2.76. The van der Waals surface area contributed by atoms with Crippen molar-refractivity contribution in [3.63, 3.8) is 0 Å². The number of benzene rings is 1. The van der Waals surface area contributed by atoms with Crippen molar-refractivity contribution in [2.75, 3.05) is 11.9 Å². The molecule has 1 aliphatic rings. The van der Waals surface area contributed by atoms with E-state index in [1.54, 1.807) is 12.1 Å². The van der Waals surface area contributed by atoms with Gasteiger partial charge in [-0.15, -0.1) is 0 Å². The van der Waals surface area contributed by atoms with Crippen molar-refractivity contribution in [1.29, 1.82) is 0 Å². The van der Waals surface area contributed by atoms with Gasteiger partial charge < -0.3 is 10.1 Å². The van der Waals surface area contributed by atoms with E-state index in [0.29, 0.717) is 5.69 Å². The van der Waals surface area contributed by atoms with E-state index in [1.807, 2.05) is 13.0 Å². The van der Waals surface area contributed by atoms with Gasteiger partial charge in [0.1, 0.15) is 5.82 Å². The van der Waals surface area contributed by atoms with Crippen LogP contribution in [0.2, 0.25) is 0 Å². The number of anilines is 1. The highest BCUT2D eigenvalue weighted by Gasteiger charge is 2.24. The van der Waals surface area contributed by atoms with E-state index in [9.17, 15) is 4.39 Å². The lowest BCUT2D eigenvalue weighted by molar-refractivity contribution is 0.121. The fourth-order valence-electron chi connectivity index (χ4n) is 1.70. The van der Waals surface area contributed by atoms with Gasteiger partial charge in [-0.05, 0) is 25.5 Å². The fraction of sp³-hybridized carbons (Fsp3) is 0.455. The molecule has 3 heteroatoms. The minimum absolute atomic E-state index is 0.162. The highest BCUT2D eigenvalue weighted by Crippen LogP contribution is 2.20. The molecule has 1 aliphatic heterocycles. The topological polar surface area (TPSA) is 21.3 Å². The molecule has 76 valence electrons. The Balaban J connectivity index is 2.07. The molecule has 1 N–H and O–H groups in total. The maximum atomic E-state index is 13.3. The molecule has 1 saturated heterocycles. The van der Waals surface area contributed by atoms with Crippen LogP contribution in [0.15, 0.2) is 24.3 Å². The number of hydrogen-bond donors (Lipinski definition) is 1. The lowest BCUT2D eigenvalue weighted by Crippen LogP contribution is -2.27. The van der Waals surface area contributed by atoms with Crippen LogP contribution in [-0.2, 0) is 4.74 Å². The molecule has 0 saturated carbocycles. The highest BCUT2D eigenvalue weighted by atomic mass is 19.1. The molecule has 2 nitrogen and oxygen atoms in total. The summed E-state index contributed by atoms with van der Waals surface area (Å²) in [5.41, 5.74) is 0.565. The zero-order valence-electron chi connectivity index (χ0n) is 8.16. The van der Waals surface area contributed by atoms with Gasteiger partial charge >= 0.3 is 0 Å². The number of para-hydroxylation sites is 1. The first-order valence-electron chi connectivity index (χ1n) is 4.90. The van der Waals surface area contributed by atoms with Crippen molar-refractivity contribution < 1.29 is 9.13 Å². The molecular formula is C11H14FNO. The lowest BCUT2D eigenvalue weighted by atomic mass is 10.1. The predicted octanol–water partition coefficient (Wildman–Crippen LogP) is 2.42. The van der Waals surface area contributed by atoms with E-state index in [0.717, 1.165) is 13.0 Å². The van der Waals surface area contributed by atoms with Gasteiger partial charge in [-0.2, -0.15) is 0 Å². The molecule has 2 atom stereocenters. The molecule has 2 unspecified atom stereocenters. The van der Waals surface area contributed by atoms with Crippen LogP contribution in [-0.4, -0.2) is 18.8 Å². The Labute approximate surface area is 83.1 Å². The van der Waals surface area contributed by atoms with E-state index in [4.69, 9.17) is 4.74 Å². The largest absolute Gasteiger partial charge is 0.377 e. The fourth-order valence-corrected chi connectivity index (χ4v) is 1.70. The number of rotatable bonds is 2. The second kappa shape index (κ2) is 3.96. The van der Waals surface area contributed by atoms with Crippen LogP contribution in [0.4, 0.5) is 10.1 Å². The molecule has 1 fully saturated rings. The van der Waals surface area contributed by atoms with Crippen LogP contribution in [0, 0.1) is 5.82 Å². The second-order valence-corrected chi connectivity index (χ2v) is 3.60. The van der Waals surface area contributed by atoms with E-state index >= 15 is 0 Å². The smallest absolute Gasteiger partial charge is 0.146 e. The SMILES string of the molecule is CC1OCCC1Nc1ccccc1F. The Bertz CT molecular complexity index is 316. The summed E-state index contributed by atoms with van der Waals surface area (Å²) in [6, 6.07) is 6.95. The van der Waals surface area contributed by atoms with Gasteiger partial charge in [-0.1, -0.05) is 12.1 Å². The van der Waals surface area contributed by atoms with Crippen LogP contribution < -0.4 is 5.32 Å². The lowest BCUT2D eigenvalue weighted by Gasteiger charge is -2.17. The monoisotopic (exact) mass is 195 g/mol. The van der Waals surface area contributed by atoms with Crippen LogP contribution in [0.25, 0.3) is 0 Å². The van der Waals surface area contributed by atoms with Gasteiger partial charge in [0.05, 0.1) is 17.8 Å². The summed E-state index contributed by atoms with van der Waals surface area (Å²) >= 11 is 0. The molecular weight excluding hydrogens is 181 g/mol. The van der Waals surface area contributed by atoms with Gasteiger partial charge in [0.2, 0.25) is 0 Å². The van der Waals surface area contributed by atoms with Gasteiger partial charge in [0.25, 0.3) is 0 Å². The molecule has 1 aromatic rings. The highest BCUT2D eigenvalue weighted by molar-refractivity contribution is 5.45. The third-order valence-corrected chi connectivity index (χ3v) is 2.59. The summed E-state index contributed by atoms with van der Waals surface area (Å²) in [5.74, 6) is -0.202. The van der Waals surface area contributed by atoms with Crippen LogP contribution in [0.5, 0.6) is 0 Å². The van der Waals surface area contributed by atoms with Crippen LogP contribution in [0.1, 0.15) is 13.3 Å². The van der Waals surface area contributed by atoms with Crippen molar-refractivity contribution in [2.24, 2.45) is 0 Å². The maximum absolute atomic E-state index is 13.3. The Morgan fingerprint density at radius 3 is 2.86 bits per heavy atom. The van der Waals surface area contributed by atoms with Crippen LogP contribution in [0.3, 0.4) is 0 Å².